The third-order valence-corrected chi connectivity index (χ3v) is 6.72. The number of carbonyl (C=O) groups is 1. The van der Waals surface area contributed by atoms with Gasteiger partial charge < -0.3 is 10.2 Å². The van der Waals surface area contributed by atoms with Crippen LogP contribution in [0, 0.1) is 17.2 Å². The van der Waals surface area contributed by atoms with E-state index in [1.165, 1.54) is 12.5 Å². The van der Waals surface area contributed by atoms with Crippen LogP contribution >= 0.6 is 0 Å². The van der Waals surface area contributed by atoms with Crippen LogP contribution in [0.4, 0.5) is 14.5 Å². The topological polar surface area (TPSA) is 32.3 Å². The average molecular weight is 421 g/mol. The van der Waals surface area contributed by atoms with Crippen LogP contribution in [-0.2, 0) is 11.2 Å². The van der Waals surface area contributed by atoms with Crippen molar-refractivity contribution in [2.75, 3.05) is 25.0 Å². The lowest BCUT2D eigenvalue weighted by atomic mass is 9.86. The summed E-state index contributed by atoms with van der Waals surface area (Å²) in [5, 5.41) is 2.74. The second-order valence-corrected chi connectivity index (χ2v) is 10.6. The first-order valence-electron chi connectivity index (χ1n) is 11.6. The SMILES string of the molecule is CC(C)(C)CCN1CCC(F)(Cc2ccc(NC(=O)C3CCCCC3)c(F)c2)CC1. The smallest absolute Gasteiger partial charge is 0.227 e. The number of anilines is 1. The number of alkyl halides is 1. The van der Waals surface area contributed by atoms with E-state index in [1.54, 1.807) is 12.1 Å². The molecule has 5 heteroatoms. The van der Waals surface area contributed by atoms with Crippen molar-refractivity contribution < 1.29 is 13.6 Å². The number of benzene rings is 1. The van der Waals surface area contributed by atoms with Gasteiger partial charge in [-0.2, -0.15) is 0 Å². The Balaban J connectivity index is 1.52. The molecular formula is C25H38F2N2O. The highest BCUT2D eigenvalue weighted by Crippen LogP contribution is 2.32. The molecule has 2 fully saturated rings. The lowest BCUT2D eigenvalue weighted by molar-refractivity contribution is -0.120. The summed E-state index contributed by atoms with van der Waals surface area (Å²) < 4.78 is 30.0. The molecule has 3 rings (SSSR count). The zero-order valence-electron chi connectivity index (χ0n) is 18.9. The highest BCUT2D eigenvalue weighted by molar-refractivity contribution is 5.92. The number of hydrogen-bond acceptors (Lipinski definition) is 2. The van der Waals surface area contributed by atoms with Crippen molar-refractivity contribution in [3.63, 3.8) is 0 Å². The van der Waals surface area contributed by atoms with E-state index >= 15 is 4.39 Å². The van der Waals surface area contributed by atoms with Crippen LogP contribution < -0.4 is 5.32 Å². The molecule has 1 amide bonds. The second kappa shape index (κ2) is 9.76. The maximum Gasteiger partial charge on any atom is 0.227 e. The quantitative estimate of drug-likeness (QED) is 0.601. The summed E-state index contributed by atoms with van der Waals surface area (Å²) >= 11 is 0. The predicted molar refractivity (Wildman–Crippen MR) is 119 cm³/mol. The van der Waals surface area contributed by atoms with Crippen molar-refractivity contribution in [3.8, 4) is 0 Å². The maximum atomic E-state index is 15.4. The first-order valence-corrected chi connectivity index (χ1v) is 11.6. The molecule has 0 unspecified atom stereocenters. The largest absolute Gasteiger partial charge is 0.323 e. The van der Waals surface area contributed by atoms with Crippen molar-refractivity contribution in [1.29, 1.82) is 0 Å². The van der Waals surface area contributed by atoms with Gasteiger partial charge in [-0.05, 0) is 61.8 Å². The Hall–Kier alpha value is -1.49. The molecule has 0 aromatic heterocycles. The molecule has 1 saturated heterocycles. The maximum absolute atomic E-state index is 15.4. The molecule has 1 N–H and O–H groups in total. The molecule has 1 heterocycles. The average Bonchev–Trinajstić information content (AvgIpc) is 2.69. The van der Waals surface area contributed by atoms with E-state index in [0.717, 1.165) is 51.7 Å². The van der Waals surface area contributed by atoms with Crippen LogP contribution in [-0.4, -0.2) is 36.1 Å². The van der Waals surface area contributed by atoms with Crippen LogP contribution in [0.5, 0.6) is 0 Å². The molecule has 168 valence electrons. The zero-order valence-corrected chi connectivity index (χ0v) is 18.9. The predicted octanol–water partition coefficient (Wildman–Crippen LogP) is 6.13. The van der Waals surface area contributed by atoms with Gasteiger partial charge >= 0.3 is 0 Å². The highest BCUT2D eigenvalue weighted by atomic mass is 19.1. The number of nitrogens with one attached hydrogen (secondary N) is 1. The summed E-state index contributed by atoms with van der Waals surface area (Å²) in [6.07, 6.45) is 7.35. The molecular weight excluding hydrogens is 382 g/mol. The van der Waals surface area contributed by atoms with Crippen molar-refractivity contribution in [2.45, 2.75) is 84.2 Å². The Morgan fingerprint density at radius 2 is 1.83 bits per heavy atom. The molecule has 0 bridgehead atoms. The van der Waals surface area contributed by atoms with Crippen molar-refractivity contribution in [1.82, 2.24) is 4.90 Å². The van der Waals surface area contributed by atoms with Crippen LogP contribution in [0.25, 0.3) is 0 Å². The number of piperidine rings is 1. The van der Waals surface area contributed by atoms with E-state index in [2.05, 4.69) is 31.0 Å². The molecule has 2 aliphatic rings. The van der Waals surface area contributed by atoms with E-state index in [0.29, 0.717) is 18.4 Å². The Labute approximate surface area is 180 Å². The minimum absolute atomic E-state index is 0.0181. The van der Waals surface area contributed by atoms with Crippen molar-refractivity contribution in [2.24, 2.45) is 11.3 Å². The van der Waals surface area contributed by atoms with Gasteiger partial charge in [0, 0.05) is 25.4 Å². The minimum Gasteiger partial charge on any atom is -0.323 e. The summed E-state index contributed by atoms with van der Waals surface area (Å²) in [5.74, 6) is -0.579. The van der Waals surface area contributed by atoms with Gasteiger partial charge in [0.2, 0.25) is 5.91 Å². The van der Waals surface area contributed by atoms with Gasteiger partial charge in [-0.15, -0.1) is 0 Å². The first-order chi connectivity index (χ1) is 14.1. The third-order valence-electron chi connectivity index (χ3n) is 6.72. The molecule has 0 spiro atoms. The monoisotopic (exact) mass is 420 g/mol. The lowest BCUT2D eigenvalue weighted by Gasteiger charge is -2.37. The Morgan fingerprint density at radius 3 is 2.43 bits per heavy atom. The van der Waals surface area contributed by atoms with E-state index in [-0.39, 0.29) is 29.3 Å². The van der Waals surface area contributed by atoms with Crippen LogP contribution in [0.3, 0.4) is 0 Å². The molecule has 3 nitrogen and oxygen atoms in total. The molecule has 1 aliphatic carbocycles. The summed E-state index contributed by atoms with van der Waals surface area (Å²) in [6, 6.07) is 4.74. The number of amides is 1. The summed E-state index contributed by atoms with van der Waals surface area (Å²) in [5.41, 5.74) is -0.124. The highest BCUT2D eigenvalue weighted by Gasteiger charge is 2.35. The number of hydrogen-bond donors (Lipinski definition) is 1. The standard InChI is InChI=1S/C25H38F2N2O/c1-24(2,3)11-14-29-15-12-25(27,13-16-29)18-19-9-10-22(21(26)17-19)28-23(30)20-7-5-4-6-8-20/h9-10,17,20H,4-8,11-16,18H2,1-3H3,(H,28,30). The number of nitrogens with zero attached hydrogens (tertiary/aromatic N) is 1. The van der Waals surface area contributed by atoms with Gasteiger partial charge in [0.05, 0.1) is 5.69 Å². The lowest BCUT2D eigenvalue weighted by Crippen LogP contribution is -2.43. The third kappa shape index (κ3) is 6.76. The summed E-state index contributed by atoms with van der Waals surface area (Å²) in [4.78, 5) is 14.7. The molecule has 1 aliphatic heterocycles. The number of carbonyl (C=O) groups excluding carboxylic acids is 1. The van der Waals surface area contributed by atoms with Gasteiger partial charge in [0.15, 0.2) is 0 Å². The molecule has 0 radical (unpaired) electrons. The van der Waals surface area contributed by atoms with E-state index in [4.69, 9.17) is 0 Å². The number of rotatable bonds is 6. The van der Waals surface area contributed by atoms with Gasteiger partial charge in [0.1, 0.15) is 11.5 Å². The zero-order chi connectivity index (χ0) is 21.8. The van der Waals surface area contributed by atoms with Gasteiger partial charge in [0.25, 0.3) is 0 Å². The molecule has 1 aromatic rings. The van der Waals surface area contributed by atoms with Gasteiger partial charge in [-0.3, -0.25) is 4.79 Å². The van der Waals surface area contributed by atoms with Crippen molar-refractivity contribution >= 4 is 11.6 Å². The van der Waals surface area contributed by atoms with Gasteiger partial charge in [-0.25, -0.2) is 8.78 Å². The normalized spacial score (nSPS) is 20.8. The fourth-order valence-corrected chi connectivity index (χ4v) is 4.58. The Kier molecular flexibility index (Phi) is 7.54. The van der Waals surface area contributed by atoms with E-state index in [1.807, 2.05) is 0 Å². The molecule has 30 heavy (non-hydrogen) atoms. The molecule has 1 saturated carbocycles. The van der Waals surface area contributed by atoms with Crippen LogP contribution in [0.15, 0.2) is 18.2 Å². The van der Waals surface area contributed by atoms with E-state index < -0.39 is 11.5 Å². The first kappa shape index (κ1) is 23.2. The molecule has 1 aromatic carbocycles. The van der Waals surface area contributed by atoms with Crippen LogP contribution in [0.1, 0.15) is 77.7 Å². The van der Waals surface area contributed by atoms with Gasteiger partial charge in [-0.1, -0.05) is 46.1 Å². The van der Waals surface area contributed by atoms with Crippen molar-refractivity contribution in [3.05, 3.63) is 29.6 Å². The Morgan fingerprint density at radius 1 is 1.17 bits per heavy atom. The minimum atomic E-state index is -1.28. The number of likely N-dealkylation sites (tertiary alicyclic amines) is 1. The molecule has 0 atom stereocenters. The van der Waals surface area contributed by atoms with Crippen LogP contribution in [0.2, 0.25) is 0 Å². The summed E-state index contributed by atoms with van der Waals surface area (Å²) in [7, 11) is 0. The fraction of sp³-hybridized carbons (Fsp3) is 0.720. The second-order valence-electron chi connectivity index (χ2n) is 10.6. The van der Waals surface area contributed by atoms with E-state index in [9.17, 15) is 9.18 Å². The fourth-order valence-electron chi connectivity index (χ4n) is 4.58. The Bertz CT molecular complexity index is 714. The number of halogens is 2. The summed E-state index contributed by atoms with van der Waals surface area (Å²) in [6.45, 7) is 9.20.